The quantitative estimate of drug-likeness (QED) is 0.742. The number of hydrogen-bond donors (Lipinski definition) is 0. The predicted octanol–water partition coefficient (Wildman–Crippen LogP) is 2.56. The molecule has 2 fully saturated rings. The van der Waals surface area contributed by atoms with Crippen LogP contribution in [0.5, 0.6) is 0 Å². The summed E-state index contributed by atoms with van der Waals surface area (Å²) in [4.78, 5) is 13.7. The highest BCUT2D eigenvalue weighted by atomic mass is 19.2. The highest BCUT2D eigenvalue weighted by Crippen LogP contribution is 2.34. The van der Waals surface area contributed by atoms with E-state index >= 15 is 0 Å². The molecular weight excluding hydrogens is 271 g/mol. The van der Waals surface area contributed by atoms with E-state index in [1.165, 1.54) is 0 Å². The number of morpholine rings is 1. The van der Waals surface area contributed by atoms with Crippen molar-refractivity contribution in [2.75, 3.05) is 13.2 Å². The lowest BCUT2D eigenvalue weighted by Crippen LogP contribution is -2.52. The lowest BCUT2D eigenvalue weighted by atomic mass is 9.94. The first-order valence-electron chi connectivity index (χ1n) is 6.61. The molecule has 3 nitrogen and oxygen atoms in total. The summed E-state index contributed by atoms with van der Waals surface area (Å²) in [5.41, 5.74) is 0.237. The molecule has 0 aromatic heterocycles. The molecule has 0 spiro atoms. The molecule has 2 heterocycles. The van der Waals surface area contributed by atoms with E-state index in [-0.39, 0.29) is 24.1 Å². The van der Waals surface area contributed by atoms with Gasteiger partial charge in [0, 0.05) is 6.42 Å². The number of fused-ring (bicyclic) bond motifs is 1. The molecule has 20 heavy (non-hydrogen) atoms. The molecule has 1 aromatic rings. The van der Waals surface area contributed by atoms with Gasteiger partial charge in [-0.1, -0.05) is 0 Å². The molecule has 3 rings (SSSR count). The van der Waals surface area contributed by atoms with Crippen LogP contribution < -0.4 is 0 Å². The van der Waals surface area contributed by atoms with E-state index in [1.807, 2.05) is 0 Å². The highest BCUT2D eigenvalue weighted by Gasteiger charge is 2.38. The molecule has 6 heteroatoms. The van der Waals surface area contributed by atoms with E-state index in [1.54, 1.807) is 4.90 Å². The molecule has 2 aliphatic rings. The number of carbonyl (C=O) groups is 1. The van der Waals surface area contributed by atoms with Crippen molar-refractivity contribution in [2.45, 2.75) is 31.3 Å². The summed E-state index contributed by atoms with van der Waals surface area (Å²) in [6.07, 6.45) is 2.04. The number of ether oxygens (including phenoxy) is 1. The van der Waals surface area contributed by atoms with E-state index in [9.17, 15) is 18.0 Å². The van der Waals surface area contributed by atoms with Crippen molar-refractivity contribution in [3.8, 4) is 0 Å². The minimum absolute atomic E-state index is 0.0420. The molecule has 0 saturated carbocycles. The summed E-state index contributed by atoms with van der Waals surface area (Å²) >= 11 is 0. The monoisotopic (exact) mass is 285 g/mol. The molecule has 108 valence electrons. The Morgan fingerprint density at radius 2 is 1.85 bits per heavy atom. The molecule has 0 aliphatic carbocycles. The Labute approximate surface area is 114 Å². The zero-order valence-electron chi connectivity index (χ0n) is 10.7. The van der Waals surface area contributed by atoms with Gasteiger partial charge in [0.25, 0.3) is 0 Å². The first-order chi connectivity index (χ1) is 9.58. The van der Waals surface area contributed by atoms with E-state index in [0.29, 0.717) is 13.0 Å². The number of halogens is 3. The minimum atomic E-state index is -1.49. The lowest BCUT2D eigenvalue weighted by molar-refractivity contribution is -0.151. The fraction of sp³-hybridized carbons (Fsp3) is 0.500. The molecule has 2 unspecified atom stereocenters. The second kappa shape index (κ2) is 5.09. The topological polar surface area (TPSA) is 29.5 Å². The Morgan fingerprint density at radius 1 is 1.15 bits per heavy atom. The summed E-state index contributed by atoms with van der Waals surface area (Å²) in [6, 6.07) is 1.27. The highest BCUT2D eigenvalue weighted by molar-refractivity contribution is 5.78. The van der Waals surface area contributed by atoms with Gasteiger partial charge in [-0.25, -0.2) is 13.2 Å². The molecule has 1 amide bonds. The summed E-state index contributed by atoms with van der Waals surface area (Å²) in [7, 11) is 0. The second-order valence-electron chi connectivity index (χ2n) is 5.20. The van der Waals surface area contributed by atoms with Crippen molar-refractivity contribution in [1.82, 2.24) is 4.90 Å². The summed E-state index contributed by atoms with van der Waals surface area (Å²) in [6.45, 7) is 0.612. The van der Waals surface area contributed by atoms with E-state index in [2.05, 4.69) is 0 Å². The van der Waals surface area contributed by atoms with Crippen LogP contribution in [0.3, 0.4) is 0 Å². The van der Waals surface area contributed by atoms with Gasteiger partial charge in [0.15, 0.2) is 17.5 Å². The summed E-state index contributed by atoms with van der Waals surface area (Å²) in [5.74, 6) is -4.02. The molecule has 0 bridgehead atoms. The summed E-state index contributed by atoms with van der Waals surface area (Å²) < 4.78 is 45.2. The zero-order valence-corrected chi connectivity index (χ0v) is 10.7. The SMILES string of the molecule is O=C1CCCC2COCC(c3cc(F)c(F)c(F)c3)N12. The number of amides is 1. The molecule has 2 saturated heterocycles. The number of benzene rings is 1. The molecule has 0 N–H and O–H groups in total. The largest absolute Gasteiger partial charge is 0.377 e. The van der Waals surface area contributed by atoms with Crippen molar-refractivity contribution in [3.05, 3.63) is 35.1 Å². The maximum atomic E-state index is 13.4. The first-order valence-corrected chi connectivity index (χ1v) is 6.61. The van der Waals surface area contributed by atoms with Gasteiger partial charge >= 0.3 is 0 Å². The van der Waals surface area contributed by atoms with Gasteiger partial charge in [-0.05, 0) is 30.5 Å². The van der Waals surface area contributed by atoms with E-state index < -0.39 is 23.5 Å². The summed E-state index contributed by atoms with van der Waals surface area (Å²) in [5, 5.41) is 0. The number of hydrogen-bond acceptors (Lipinski definition) is 2. The van der Waals surface area contributed by atoms with Crippen LogP contribution in [0.15, 0.2) is 12.1 Å². The second-order valence-corrected chi connectivity index (χ2v) is 5.20. The van der Waals surface area contributed by atoms with E-state index in [4.69, 9.17) is 4.74 Å². The third kappa shape index (κ3) is 2.18. The molecule has 2 aliphatic heterocycles. The van der Waals surface area contributed by atoms with Crippen molar-refractivity contribution in [1.29, 1.82) is 0 Å². The Bertz CT molecular complexity index is 524. The van der Waals surface area contributed by atoms with Crippen LogP contribution in [-0.4, -0.2) is 30.1 Å². The van der Waals surface area contributed by atoms with Crippen LogP contribution >= 0.6 is 0 Å². The normalized spacial score (nSPS) is 26.6. The third-order valence-electron chi connectivity index (χ3n) is 3.92. The average molecular weight is 285 g/mol. The Morgan fingerprint density at radius 3 is 2.55 bits per heavy atom. The Hall–Kier alpha value is -1.56. The van der Waals surface area contributed by atoms with Crippen molar-refractivity contribution < 1.29 is 22.7 Å². The van der Waals surface area contributed by atoms with Crippen molar-refractivity contribution in [3.63, 3.8) is 0 Å². The molecule has 1 aromatic carbocycles. The fourth-order valence-electron chi connectivity index (χ4n) is 2.97. The van der Waals surface area contributed by atoms with Crippen LogP contribution in [0.4, 0.5) is 13.2 Å². The number of carbonyl (C=O) groups excluding carboxylic acids is 1. The molecule has 0 radical (unpaired) electrons. The van der Waals surface area contributed by atoms with Crippen LogP contribution in [0.25, 0.3) is 0 Å². The van der Waals surface area contributed by atoms with Gasteiger partial charge in [-0.2, -0.15) is 0 Å². The lowest BCUT2D eigenvalue weighted by Gasteiger charge is -2.44. The maximum Gasteiger partial charge on any atom is 0.223 e. The Balaban J connectivity index is 1.97. The fourth-order valence-corrected chi connectivity index (χ4v) is 2.97. The van der Waals surface area contributed by atoms with Crippen LogP contribution in [0.1, 0.15) is 30.9 Å². The van der Waals surface area contributed by atoms with Gasteiger partial charge in [-0.3, -0.25) is 4.79 Å². The molecular formula is C14H14F3NO2. The van der Waals surface area contributed by atoms with Gasteiger partial charge in [0.1, 0.15) is 0 Å². The van der Waals surface area contributed by atoms with Crippen molar-refractivity contribution in [2.24, 2.45) is 0 Å². The van der Waals surface area contributed by atoms with Gasteiger partial charge < -0.3 is 9.64 Å². The number of piperidine rings is 1. The predicted molar refractivity (Wildman–Crippen MR) is 64.4 cm³/mol. The van der Waals surface area contributed by atoms with Crippen LogP contribution in [0.2, 0.25) is 0 Å². The first kappa shape index (κ1) is 13.4. The number of nitrogens with zero attached hydrogens (tertiary/aromatic N) is 1. The van der Waals surface area contributed by atoms with Gasteiger partial charge in [0.05, 0.1) is 25.3 Å². The molecule has 2 atom stereocenters. The maximum absolute atomic E-state index is 13.4. The van der Waals surface area contributed by atoms with Crippen LogP contribution in [0, 0.1) is 17.5 Å². The van der Waals surface area contributed by atoms with Gasteiger partial charge in [-0.15, -0.1) is 0 Å². The average Bonchev–Trinajstić information content (AvgIpc) is 2.44. The van der Waals surface area contributed by atoms with Crippen LogP contribution in [-0.2, 0) is 9.53 Å². The standard InChI is InChI=1S/C14H14F3NO2/c15-10-4-8(5-11(16)14(10)17)12-7-20-6-9-2-1-3-13(19)18(9)12/h4-5,9,12H,1-3,6-7H2. The Kier molecular flexibility index (Phi) is 3.41. The minimum Gasteiger partial charge on any atom is -0.377 e. The van der Waals surface area contributed by atoms with E-state index in [0.717, 1.165) is 25.0 Å². The van der Waals surface area contributed by atoms with Crippen molar-refractivity contribution >= 4 is 5.91 Å². The van der Waals surface area contributed by atoms with Gasteiger partial charge in [0.2, 0.25) is 5.91 Å². The number of rotatable bonds is 1. The smallest absolute Gasteiger partial charge is 0.223 e. The zero-order chi connectivity index (χ0) is 14.3. The third-order valence-corrected chi connectivity index (χ3v) is 3.92.